The van der Waals surface area contributed by atoms with Crippen molar-refractivity contribution in [1.82, 2.24) is 9.97 Å². The number of aromatic nitrogens is 2. The summed E-state index contributed by atoms with van der Waals surface area (Å²) in [5, 5.41) is 0. The Labute approximate surface area is 159 Å². The van der Waals surface area contributed by atoms with Gasteiger partial charge in [0.1, 0.15) is 11.6 Å². The molecule has 0 bridgehead atoms. The quantitative estimate of drug-likeness (QED) is 0.839. The molecule has 140 valence electrons. The van der Waals surface area contributed by atoms with Gasteiger partial charge < -0.3 is 14.5 Å². The normalized spacial score (nSPS) is 22.1. The first-order valence-corrected chi connectivity index (χ1v) is 9.89. The Hall–Kier alpha value is -2.47. The molecule has 2 saturated heterocycles. The minimum atomic E-state index is 0.561. The first kappa shape index (κ1) is 16.7. The largest absolute Gasteiger partial charge is 0.378 e. The smallest absolute Gasteiger partial charge is 0.129 e. The Kier molecular flexibility index (Phi) is 4.28. The van der Waals surface area contributed by atoms with Crippen LogP contribution in [-0.2, 0) is 11.3 Å². The topological polar surface area (TPSA) is 53.9 Å². The van der Waals surface area contributed by atoms with Crippen molar-refractivity contribution in [2.45, 2.75) is 32.4 Å². The van der Waals surface area contributed by atoms with E-state index in [9.17, 15) is 0 Å². The van der Waals surface area contributed by atoms with Gasteiger partial charge in [0.05, 0.1) is 25.5 Å². The lowest BCUT2D eigenvalue weighted by Crippen LogP contribution is -2.36. The zero-order valence-electron chi connectivity index (χ0n) is 15.8. The molecule has 1 atom stereocenters. The van der Waals surface area contributed by atoms with Crippen molar-refractivity contribution in [3.63, 3.8) is 0 Å². The third-order valence-corrected chi connectivity index (χ3v) is 5.84. The molecule has 0 amide bonds. The molecule has 3 aliphatic heterocycles. The first-order valence-electron chi connectivity index (χ1n) is 9.89. The molecule has 0 aromatic carbocycles. The van der Waals surface area contributed by atoms with E-state index in [0.29, 0.717) is 12.6 Å². The van der Waals surface area contributed by atoms with Gasteiger partial charge >= 0.3 is 0 Å². The zero-order chi connectivity index (χ0) is 18.2. The Morgan fingerprint density at radius 2 is 1.96 bits per heavy atom. The molecule has 27 heavy (non-hydrogen) atoms. The fourth-order valence-corrected chi connectivity index (χ4v) is 4.28. The molecule has 2 aromatic heterocycles. The van der Waals surface area contributed by atoms with E-state index in [2.05, 4.69) is 39.9 Å². The number of pyridine rings is 2. The van der Waals surface area contributed by atoms with Crippen molar-refractivity contribution in [2.75, 3.05) is 42.6 Å². The van der Waals surface area contributed by atoms with Gasteiger partial charge in [-0.1, -0.05) is 0 Å². The van der Waals surface area contributed by atoms with Crippen molar-refractivity contribution in [2.24, 2.45) is 4.99 Å². The fourth-order valence-electron chi connectivity index (χ4n) is 4.28. The summed E-state index contributed by atoms with van der Waals surface area (Å²) in [4.78, 5) is 18.8. The Morgan fingerprint density at radius 1 is 1.07 bits per heavy atom. The van der Waals surface area contributed by atoms with Crippen LogP contribution >= 0.6 is 0 Å². The molecular formula is C21H25N5O. The second-order valence-corrected chi connectivity index (χ2v) is 7.55. The standard InChI is InChI=1S/C21H25N5O/c1-15-3-2-6-26(15)20-12-18-17(13-23-20)14-24-21(18)16-4-5-22-19(11-16)25-7-9-27-10-8-25/h4-5,11-13,15H,2-3,6-10,14H2,1H3. The minimum absolute atomic E-state index is 0.561. The number of hydrogen-bond acceptors (Lipinski definition) is 6. The third-order valence-electron chi connectivity index (χ3n) is 5.84. The van der Waals surface area contributed by atoms with E-state index in [-0.39, 0.29) is 0 Å². The van der Waals surface area contributed by atoms with Crippen LogP contribution in [0.25, 0.3) is 0 Å². The molecule has 2 fully saturated rings. The molecule has 3 aliphatic rings. The Bertz CT molecular complexity index is 875. The van der Waals surface area contributed by atoms with Crippen molar-refractivity contribution in [3.8, 4) is 0 Å². The Morgan fingerprint density at radius 3 is 2.78 bits per heavy atom. The third kappa shape index (κ3) is 3.08. The summed E-state index contributed by atoms with van der Waals surface area (Å²) in [6, 6.07) is 7.03. The molecule has 6 heteroatoms. The van der Waals surface area contributed by atoms with Gasteiger partial charge in [-0.2, -0.15) is 0 Å². The summed E-state index contributed by atoms with van der Waals surface area (Å²) in [5.74, 6) is 2.09. The summed E-state index contributed by atoms with van der Waals surface area (Å²) < 4.78 is 5.46. The van der Waals surface area contributed by atoms with Crippen LogP contribution in [0, 0.1) is 0 Å². The Balaban J connectivity index is 1.46. The van der Waals surface area contributed by atoms with Crippen molar-refractivity contribution in [1.29, 1.82) is 0 Å². The van der Waals surface area contributed by atoms with Crippen LogP contribution in [0.3, 0.4) is 0 Å². The summed E-state index contributed by atoms with van der Waals surface area (Å²) in [6.07, 6.45) is 6.39. The number of rotatable bonds is 3. The van der Waals surface area contributed by atoms with E-state index >= 15 is 0 Å². The van der Waals surface area contributed by atoms with Gasteiger partial charge in [-0.25, -0.2) is 9.97 Å². The molecule has 0 spiro atoms. The lowest BCUT2D eigenvalue weighted by molar-refractivity contribution is 0.122. The molecule has 0 N–H and O–H groups in total. The van der Waals surface area contributed by atoms with E-state index in [1.807, 2.05) is 12.4 Å². The summed E-state index contributed by atoms with van der Waals surface area (Å²) in [6.45, 7) is 7.39. The summed E-state index contributed by atoms with van der Waals surface area (Å²) in [7, 11) is 0. The second kappa shape index (κ2) is 6.93. The van der Waals surface area contributed by atoms with Crippen molar-refractivity contribution in [3.05, 3.63) is 47.3 Å². The van der Waals surface area contributed by atoms with Gasteiger partial charge in [0, 0.05) is 54.8 Å². The van der Waals surface area contributed by atoms with Gasteiger partial charge in [0.15, 0.2) is 0 Å². The number of anilines is 2. The summed E-state index contributed by atoms with van der Waals surface area (Å²) in [5.41, 5.74) is 4.64. The number of hydrogen-bond donors (Lipinski definition) is 0. The number of ether oxygens (including phenoxy) is 1. The van der Waals surface area contributed by atoms with Gasteiger partial charge in [-0.05, 0) is 38.0 Å². The van der Waals surface area contributed by atoms with E-state index in [4.69, 9.17) is 14.7 Å². The van der Waals surface area contributed by atoms with Gasteiger partial charge in [0.25, 0.3) is 0 Å². The maximum absolute atomic E-state index is 5.46. The molecule has 0 radical (unpaired) electrons. The predicted octanol–water partition coefficient (Wildman–Crippen LogP) is 2.65. The number of nitrogens with zero attached hydrogens (tertiary/aromatic N) is 5. The molecule has 0 aliphatic carbocycles. The first-order chi connectivity index (χ1) is 13.3. The van der Waals surface area contributed by atoms with Crippen LogP contribution in [0.15, 0.2) is 35.6 Å². The fraction of sp³-hybridized carbons (Fsp3) is 0.476. The monoisotopic (exact) mass is 363 g/mol. The summed E-state index contributed by atoms with van der Waals surface area (Å²) >= 11 is 0. The average molecular weight is 363 g/mol. The zero-order valence-corrected chi connectivity index (χ0v) is 15.8. The molecule has 5 heterocycles. The molecule has 5 rings (SSSR count). The van der Waals surface area contributed by atoms with E-state index in [0.717, 1.165) is 55.8 Å². The van der Waals surface area contributed by atoms with Gasteiger partial charge in [-0.15, -0.1) is 0 Å². The number of morpholine rings is 1. The van der Waals surface area contributed by atoms with E-state index in [1.165, 1.54) is 24.0 Å². The SMILES string of the molecule is CC1CCCN1c1cc2c(cn1)CN=C2c1ccnc(N2CCOCC2)c1. The second-order valence-electron chi connectivity index (χ2n) is 7.55. The molecule has 6 nitrogen and oxygen atoms in total. The molecular weight excluding hydrogens is 338 g/mol. The molecule has 1 unspecified atom stereocenters. The number of fused-ring (bicyclic) bond motifs is 1. The highest BCUT2D eigenvalue weighted by molar-refractivity contribution is 6.15. The van der Waals surface area contributed by atoms with E-state index < -0.39 is 0 Å². The lowest BCUT2D eigenvalue weighted by Gasteiger charge is -2.28. The average Bonchev–Trinajstić information content (AvgIpc) is 3.34. The van der Waals surface area contributed by atoms with Crippen LogP contribution in [0.4, 0.5) is 11.6 Å². The highest BCUT2D eigenvalue weighted by Crippen LogP contribution is 2.30. The van der Waals surface area contributed by atoms with Crippen LogP contribution < -0.4 is 9.80 Å². The van der Waals surface area contributed by atoms with Crippen LogP contribution in [0.5, 0.6) is 0 Å². The van der Waals surface area contributed by atoms with Gasteiger partial charge in [-0.3, -0.25) is 4.99 Å². The molecule has 2 aromatic rings. The van der Waals surface area contributed by atoms with E-state index in [1.54, 1.807) is 0 Å². The van der Waals surface area contributed by atoms with Crippen LogP contribution in [0.2, 0.25) is 0 Å². The maximum atomic E-state index is 5.46. The van der Waals surface area contributed by atoms with Crippen LogP contribution in [0.1, 0.15) is 36.5 Å². The molecule has 0 saturated carbocycles. The van der Waals surface area contributed by atoms with Crippen molar-refractivity contribution < 1.29 is 4.74 Å². The highest BCUT2D eigenvalue weighted by atomic mass is 16.5. The predicted molar refractivity (Wildman–Crippen MR) is 107 cm³/mol. The van der Waals surface area contributed by atoms with Crippen LogP contribution in [-0.4, -0.2) is 54.6 Å². The minimum Gasteiger partial charge on any atom is -0.378 e. The highest BCUT2D eigenvalue weighted by Gasteiger charge is 2.25. The number of aliphatic imine (C=N–C) groups is 1. The maximum Gasteiger partial charge on any atom is 0.129 e. The van der Waals surface area contributed by atoms with Gasteiger partial charge in [0.2, 0.25) is 0 Å². The lowest BCUT2D eigenvalue weighted by atomic mass is 10.0. The van der Waals surface area contributed by atoms with Crippen molar-refractivity contribution >= 4 is 17.3 Å².